The number of nitriles is 1. The largest absolute Gasteiger partial charge is 0.487 e. The van der Waals surface area contributed by atoms with Crippen LogP contribution in [0.5, 0.6) is 5.75 Å². The van der Waals surface area contributed by atoms with Gasteiger partial charge in [-0.1, -0.05) is 30.2 Å². The van der Waals surface area contributed by atoms with Gasteiger partial charge in [-0.25, -0.2) is 0 Å². The summed E-state index contributed by atoms with van der Waals surface area (Å²) >= 11 is 6.23. The normalized spacial score (nSPS) is 17.4. The molecule has 3 nitrogen and oxygen atoms in total. The van der Waals surface area contributed by atoms with Crippen molar-refractivity contribution in [2.24, 2.45) is 5.92 Å². The third-order valence-corrected chi connectivity index (χ3v) is 6.26. The van der Waals surface area contributed by atoms with Crippen LogP contribution in [0.4, 0.5) is 5.69 Å². The molecule has 2 aliphatic rings. The molecule has 1 heterocycles. The highest BCUT2D eigenvalue weighted by molar-refractivity contribution is 6.30. The van der Waals surface area contributed by atoms with E-state index in [1.54, 1.807) is 0 Å². The zero-order valence-electron chi connectivity index (χ0n) is 16.3. The summed E-state index contributed by atoms with van der Waals surface area (Å²) in [5, 5.41) is 9.92. The molecule has 4 heteroatoms. The Morgan fingerprint density at radius 2 is 1.96 bits per heavy atom. The Balaban J connectivity index is 1.66. The molecule has 0 atom stereocenters. The number of ether oxygens (including phenoxy) is 1. The number of hydrogen-bond acceptors (Lipinski definition) is 3. The second-order valence-corrected chi connectivity index (χ2v) is 8.48. The molecule has 1 fully saturated rings. The molecule has 4 rings (SSSR count). The van der Waals surface area contributed by atoms with E-state index in [1.165, 1.54) is 30.4 Å². The molecular weight excluding hydrogens is 368 g/mol. The van der Waals surface area contributed by atoms with E-state index in [9.17, 15) is 0 Å². The molecule has 1 aliphatic carbocycles. The molecule has 0 spiro atoms. The summed E-state index contributed by atoms with van der Waals surface area (Å²) in [4.78, 5) is 2.50. The Hall–Kier alpha value is -2.18. The van der Waals surface area contributed by atoms with Gasteiger partial charge in [0.2, 0.25) is 0 Å². The summed E-state index contributed by atoms with van der Waals surface area (Å²) in [7, 11) is 0. The number of halogens is 1. The lowest BCUT2D eigenvalue weighted by atomic mass is 9.85. The lowest BCUT2D eigenvalue weighted by Crippen LogP contribution is -2.33. The van der Waals surface area contributed by atoms with Crippen LogP contribution in [0.2, 0.25) is 5.02 Å². The van der Waals surface area contributed by atoms with Crippen LogP contribution >= 0.6 is 11.6 Å². The number of fused-ring (bicyclic) bond motifs is 2. The summed E-state index contributed by atoms with van der Waals surface area (Å²) in [5.41, 5.74) is 4.72. The van der Waals surface area contributed by atoms with Gasteiger partial charge in [-0.15, -0.1) is 0 Å². The molecule has 2 aromatic carbocycles. The van der Waals surface area contributed by atoms with Gasteiger partial charge in [0.15, 0.2) is 0 Å². The van der Waals surface area contributed by atoms with Gasteiger partial charge in [0.25, 0.3) is 0 Å². The van der Waals surface area contributed by atoms with Gasteiger partial charge in [0, 0.05) is 18.1 Å². The van der Waals surface area contributed by atoms with E-state index in [2.05, 4.69) is 29.2 Å². The number of anilines is 1. The summed E-state index contributed by atoms with van der Waals surface area (Å²) in [5.74, 6) is 1.71. The lowest BCUT2D eigenvalue weighted by Gasteiger charge is -2.34. The maximum atomic E-state index is 9.13. The first-order valence-corrected chi connectivity index (χ1v) is 10.8. The van der Waals surface area contributed by atoms with Crippen molar-refractivity contribution in [3.8, 4) is 11.8 Å². The first-order valence-electron chi connectivity index (χ1n) is 10.4. The van der Waals surface area contributed by atoms with Gasteiger partial charge < -0.3 is 9.64 Å². The van der Waals surface area contributed by atoms with Crippen LogP contribution in [-0.2, 0) is 19.4 Å². The van der Waals surface area contributed by atoms with Crippen molar-refractivity contribution in [2.45, 2.75) is 51.6 Å². The first kappa shape index (κ1) is 19.2. The van der Waals surface area contributed by atoms with Gasteiger partial charge in [-0.3, -0.25) is 0 Å². The minimum Gasteiger partial charge on any atom is -0.487 e. The van der Waals surface area contributed by atoms with Crippen molar-refractivity contribution in [1.29, 1.82) is 5.26 Å². The lowest BCUT2D eigenvalue weighted by molar-refractivity contribution is 0.300. The smallest absolute Gasteiger partial charge is 0.143 e. The van der Waals surface area contributed by atoms with Crippen molar-refractivity contribution in [1.82, 2.24) is 0 Å². The van der Waals surface area contributed by atoms with Gasteiger partial charge in [0.05, 0.1) is 18.2 Å². The van der Waals surface area contributed by atoms with Crippen LogP contribution in [0.1, 0.15) is 48.8 Å². The Kier molecular flexibility index (Phi) is 6.07. The van der Waals surface area contributed by atoms with Crippen molar-refractivity contribution >= 4 is 17.3 Å². The average molecular weight is 395 g/mol. The molecule has 0 amide bonds. The Morgan fingerprint density at radius 3 is 2.75 bits per heavy atom. The quantitative estimate of drug-likeness (QED) is 0.647. The van der Waals surface area contributed by atoms with Crippen molar-refractivity contribution < 1.29 is 4.74 Å². The third kappa shape index (κ3) is 4.45. The van der Waals surface area contributed by atoms with Crippen LogP contribution in [0.25, 0.3) is 0 Å². The van der Waals surface area contributed by atoms with Gasteiger partial charge in [0.1, 0.15) is 12.4 Å². The van der Waals surface area contributed by atoms with E-state index >= 15 is 0 Å². The fourth-order valence-electron chi connectivity index (χ4n) is 4.17. The molecule has 28 heavy (non-hydrogen) atoms. The number of benzene rings is 2. The first-order chi connectivity index (χ1) is 13.7. The Labute approximate surface area is 172 Å². The maximum Gasteiger partial charge on any atom is 0.143 e. The highest BCUT2D eigenvalue weighted by Gasteiger charge is 2.23. The van der Waals surface area contributed by atoms with Crippen molar-refractivity contribution in [2.75, 3.05) is 18.0 Å². The molecule has 0 unspecified atom stereocenters. The second kappa shape index (κ2) is 8.88. The molecule has 1 saturated carbocycles. The second-order valence-electron chi connectivity index (χ2n) is 8.04. The molecule has 0 aromatic heterocycles. The van der Waals surface area contributed by atoms with Gasteiger partial charge in [-0.05, 0) is 79.0 Å². The fourth-order valence-corrected chi connectivity index (χ4v) is 4.37. The predicted molar refractivity (Wildman–Crippen MR) is 114 cm³/mol. The average Bonchev–Trinajstić information content (AvgIpc) is 2.68. The molecule has 146 valence electrons. The van der Waals surface area contributed by atoms with E-state index in [0.717, 1.165) is 60.3 Å². The minimum absolute atomic E-state index is 0.436. The molecule has 2 aromatic rings. The number of hydrogen-bond donors (Lipinski definition) is 0. The van der Waals surface area contributed by atoms with E-state index in [-0.39, 0.29) is 0 Å². The van der Waals surface area contributed by atoms with Crippen molar-refractivity contribution in [3.05, 3.63) is 58.1 Å². The van der Waals surface area contributed by atoms with Crippen LogP contribution < -0.4 is 9.64 Å². The monoisotopic (exact) mass is 394 g/mol. The third-order valence-electron chi connectivity index (χ3n) is 6.03. The van der Waals surface area contributed by atoms with Crippen LogP contribution in [0.15, 0.2) is 36.4 Å². The van der Waals surface area contributed by atoms with Crippen LogP contribution in [0.3, 0.4) is 0 Å². The summed E-state index contributed by atoms with van der Waals surface area (Å²) < 4.78 is 6.31. The molecule has 0 radical (unpaired) electrons. The molecule has 0 saturated heterocycles. The van der Waals surface area contributed by atoms with Crippen molar-refractivity contribution in [3.63, 3.8) is 0 Å². The molecule has 0 N–H and O–H groups in total. The fraction of sp³-hybridized carbons (Fsp3) is 0.458. The van der Waals surface area contributed by atoms with E-state index in [1.807, 2.05) is 18.2 Å². The summed E-state index contributed by atoms with van der Waals surface area (Å²) in [6.45, 7) is 2.66. The zero-order chi connectivity index (χ0) is 19.3. The van der Waals surface area contributed by atoms with Crippen LogP contribution in [0, 0.1) is 17.2 Å². The predicted octanol–water partition coefficient (Wildman–Crippen LogP) is 5.93. The molecule has 0 bridgehead atoms. The highest BCUT2D eigenvalue weighted by atomic mass is 35.5. The number of aryl methyl sites for hydroxylation is 1. The molecular formula is C24H27ClN2O. The Morgan fingerprint density at radius 1 is 1.07 bits per heavy atom. The van der Waals surface area contributed by atoms with Gasteiger partial charge in [-0.2, -0.15) is 5.26 Å². The van der Waals surface area contributed by atoms with E-state index < -0.39 is 0 Å². The maximum absolute atomic E-state index is 9.13. The molecule has 1 aliphatic heterocycles. The van der Waals surface area contributed by atoms with E-state index in [0.29, 0.717) is 13.0 Å². The van der Waals surface area contributed by atoms with E-state index in [4.69, 9.17) is 21.6 Å². The number of rotatable bonds is 3. The SMILES string of the molecule is N#CCc1ccc2c(c1)N(CC1CCC1)CCCCc1cc(Cl)ccc1CO2. The number of nitrogens with zero attached hydrogens (tertiary/aromatic N) is 2. The zero-order valence-corrected chi connectivity index (χ0v) is 17.0. The van der Waals surface area contributed by atoms with Gasteiger partial charge >= 0.3 is 0 Å². The Bertz CT molecular complexity index is 869. The minimum atomic E-state index is 0.436. The van der Waals surface area contributed by atoms with Crippen LogP contribution in [-0.4, -0.2) is 13.1 Å². The highest BCUT2D eigenvalue weighted by Crippen LogP contribution is 2.35. The summed E-state index contributed by atoms with van der Waals surface area (Å²) in [6, 6.07) is 14.6. The standard InChI is InChI=1S/C24H27ClN2O/c25-22-9-8-21-17-28-24-10-7-18(11-12-26)14-23(24)27(16-19-4-3-5-19)13-2-1-6-20(21)15-22/h7-10,14-15,19H,1-6,11,13,16-17H2. The summed E-state index contributed by atoms with van der Waals surface area (Å²) in [6.07, 6.45) is 7.76. The topological polar surface area (TPSA) is 36.3 Å².